The minimum Gasteiger partial charge on any atom is -0.536 e. The number of fused-ring (bicyclic) bond motifs is 5. The van der Waals surface area contributed by atoms with Crippen molar-refractivity contribution < 1.29 is 29.6 Å². The average Bonchev–Trinajstić information content (AvgIpc) is 2.88. The minimum absolute atomic E-state index is 0. The molecule has 1 aromatic heterocycles. The van der Waals surface area contributed by atoms with Crippen LogP contribution in [0.1, 0.15) is 19.4 Å². The van der Waals surface area contributed by atoms with E-state index < -0.39 is 0 Å². The zero-order valence-corrected chi connectivity index (χ0v) is 17.2. The number of thioether (sulfide) groups is 1. The van der Waals surface area contributed by atoms with E-state index in [1.807, 2.05) is 24.0 Å². The molecule has 5 heteroatoms. The van der Waals surface area contributed by atoms with Crippen molar-refractivity contribution in [3.63, 3.8) is 0 Å². The van der Waals surface area contributed by atoms with Crippen LogP contribution in [0.2, 0.25) is 0 Å². The van der Waals surface area contributed by atoms with Crippen molar-refractivity contribution in [1.29, 1.82) is 0 Å². The van der Waals surface area contributed by atoms with Crippen LogP contribution >= 0.6 is 11.8 Å². The fraction of sp³-hybridized carbons (Fsp3) is 0.316. The molecule has 0 spiro atoms. The largest absolute Gasteiger partial charge is 0.536 e. The molecular formula is C19H18IrNO2S-. The van der Waals surface area contributed by atoms with Crippen LogP contribution in [-0.4, -0.2) is 25.0 Å². The molecule has 1 aliphatic heterocycles. The Labute approximate surface area is 159 Å². The van der Waals surface area contributed by atoms with Gasteiger partial charge in [-0.15, -0.1) is 22.5 Å². The van der Waals surface area contributed by atoms with E-state index in [-0.39, 0.29) is 25.5 Å². The standard InChI is InChI=1S/C19H18NO2S.Ir/c1-19(2)10-23-18-12-6-5-11-7-15(21-3)16(22-4)8-13(11)17(12)20-9-14(18)19;/h5-7,9H,10H2,1-4H3;/q-1;. The van der Waals surface area contributed by atoms with Gasteiger partial charge in [-0.3, -0.25) is 0 Å². The van der Waals surface area contributed by atoms with Gasteiger partial charge in [0, 0.05) is 42.4 Å². The predicted molar refractivity (Wildman–Crippen MR) is 94.9 cm³/mol. The Kier molecular flexibility index (Phi) is 4.54. The maximum absolute atomic E-state index is 5.41. The van der Waals surface area contributed by atoms with Gasteiger partial charge in [-0.1, -0.05) is 38.1 Å². The van der Waals surface area contributed by atoms with E-state index in [1.54, 1.807) is 14.2 Å². The second kappa shape index (κ2) is 6.21. The van der Waals surface area contributed by atoms with E-state index in [9.17, 15) is 0 Å². The third-order valence-electron chi connectivity index (χ3n) is 4.50. The van der Waals surface area contributed by atoms with Gasteiger partial charge in [0.05, 0.1) is 25.7 Å². The number of ether oxygens (including phenoxy) is 2. The van der Waals surface area contributed by atoms with E-state index in [0.717, 1.165) is 22.0 Å². The van der Waals surface area contributed by atoms with Gasteiger partial charge in [0.1, 0.15) is 0 Å². The van der Waals surface area contributed by atoms with Crippen molar-refractivity contribution in [2.45, 2.75) is 24.2 Å². The Balaban J connectivity index is 0.00000169. The topological polar surface area (TPSA) is 31.4 Å². The smallest absolute Gasteiger partial charge is 0.0776 e. The summed E-state index contributed by atoms with van der Waals surface area (Å²) < 4.78 is 10.8. The van der Waals surface area contributed by atoms with Crippen molar-refractivity contribution in [3.8, 4) is 11.5 Å². The van der Waals surface area contributed by atoms with E-state index in [1.165, 1.54) is 15.8 Å². The molecule has 127 valence electrons. The number of aromatic nitrogens is 1. The first-order chi connectivity index (χ1) is 11.0. The summed E-state index contributed by atoms with van der Waals surface area (Å²) in [4.78, 5) is 6.12. The van der Waals surface area contributed by atoms with Crippen molar-refractivity contribution >= 4 is 33.4 Å². The third-order valence-corrected chi connectivity index (χ3v) is 6.10. The number of pyridine rings is 1. The molecule has 0 unspecified atom stereocenters. The molecular weight excluding hydrogens is 498 g/mol. The van der Waals surface area contributed by atoms with Crippen LogP contribution in [0.3, 0.4) is 0 Å². The quantitative estimate of drug-likeness (QED) is 0.369. The Bertz CT molecular complexity index is 940. The molecule has 0 bridgehead atoms. The first-order valence-corrected chi connectivity index (χ1v) is 8.57. The van der Waals surface area contributed by atoms with E-state index in [4.69, 9.17) is 14.5 Å². The summed E-state index contributed by atoms with van der Waals surface area (Å²) in [6.07, 6.45) is 2.03. The minimum atomic E-state index is 0. The second-order valence-corrected chi connectivity index (χ2v) is 7.46. The second-order valence-electron chi connectivity index (χ2n) is 6.47. The number of rotatable bonds is 2. The maximum Gasteiger partial charge on any atom is 0.0776 e. The molecule has 0 fully saturated rings. The monoisotopic (exact) mass is 517 g/mol. The molecule has 24 heavy (non-hydrogen) atoms. The Morgan fingerprint density at radius 2 is 2.00 bits per heavy atom. The summed E-state index contributed by atoms with van der Waals surface area (Å²) in [5, 5.41) is 3.24. The zero-order valence-electron chi connectivity index (χ0n) is 14.0. The zero-order chi connectivity index (χ0) is 16.2. The van der Waals surface area contributed by atoms with Crippen molar-refractivity contribution in [2.75, 3.05) is 20.0 Å². The normalized spacial score (nSPS) is 15.2. The molecule has 0 atom stereocenters. The van der Waals surface area contributed by atoms with E-state index in [2.05, 4.69) is 32.0 Å². The number of hydrogen-bond donors (Lipinski definition) is 0. The first-order valence-electron chi connectivity index (χ1n) is 7.58. The molecule has 3 nitrogen and oxygen atoms in total. The van der Waals surface area contributed by atoms with Crippen LogP contribution in [0, 0.1) is 6.07 Å². The molecule has 2 aromatic carbocycles. The molecule has 0 saturated carbocycles. The molecule has 0 amide bonds. The average molecular weight is 517 g/mol. The molecule has 2 heterocycles. The van der Waals surface area contributed by atoms with Gasteiger partial charge in [0.15, 0.2) is 0 Å². The van der Waals surface area contributed by atoms with Gasteiger partial charge >= 0.3 is 0 Å². The fourth-order valence-electron chi connectivity index (χ4n) is 3.16. The van der Waals surface area contributed by atoms with Crippen LogP contribution in [-0.2, 0) is 25.5 Å². The van der Waals surface area contributed by atoms with E-state index in [0.29, 0.717) is 11.5 Å². The van der Waals surface area contributed by atoms with Gasteiger partial charge in [0.2, 0.25) is 0 Å². The summed E-state index contributed by atoms with van der Waals surface area (Å²) in [7, 11) is 3.28. The Morgan fingerprint density at radius 1 is 1.21 bits per heavy atom. The van der Waals surface area contributed by atoms with Crippen molar-refractivity contribution in [2.24, 2.45) is 0 Å². The summed E-state index contributed by atoms with van der Waals surface area (Å²) in [5.41, 5.74) is 2.50. The summed E-state index contributed by atoms with van der Waals surface area (Å²) in [5.74, 6) is 2.40. The number of hydrogen-bond acceptors (Lipinski definition) is 4. The van der Waals surface area contributed by atoms with Crippen LogP contribution in [0.4, 0.5) is 0 Å². The fourth-order valence-corrected chi connectivity index (χ4v) is 4.63. The predicted octanol–water partition coefficient (Wildman–Crippen LogP) is 4.59. The molecule has 1 radical (unpaired) electrons. The molecule has 3 aromatic rings. The maximum atomic E-state index is 5.41. The number of benzene rings is 2. The molecule has 0 saturated heterocycles. The number of methoxy groups -OCH3 is 2. The molecule has 4 rings (SSSR count). The van der Waals surface area contributed by atoms with Gasteiger partial charge < -0.3 is 14.5 Å². The van der Waals surface area contributed by atoms with Crippen molar-refractivity contribution in [1.82, 2.24) is 4.98 Å². The summed E-state index contributed by atoms with van der Waals surface area (Å²) >= 11 is 1.92. The van der Waals surface area contributed by atoms with Gasteiger partial charge in [-0.05, 0) is 16.5 Å². The third kappa shape index (κ3) is 2.50. The van der Waals surface area contributed by atoms with Gasteiger partial charge in [-0.25, -0.2) is 0 Å². The molecule has 1 aliphatic rings. The van der Waals surface area contributed by atoms with Crippen LogP contribution < -0.4 is 9.47 Å². The van der Waals surface area contributed by atoms with Crippen LogP contribution in [0.5, 0.6) is 11.5 Å². The van der Waals surface area contributed by atoms with Crippen molar-refractivity contribution in [3.05, 3.63) is 36.0 Å². The Morgan fingerprint density at radius 3 is 2.71 bits per heavy atom. The van der Waals surface area contributed by atoms with Gasteiger partial charge in [-0.2, -0.15) is 0 Å². The van der Waals surface area contributed by atoms with Crippen LogP contribution in [0.15, 0.2) is 29.3 Å². The molecule has 0 aliphatic carbocycles. The van der Waals surface area contributed by atoms with Crippen LogP contribution in [0.25, 0.3) is 21.7 Å². The number of nitrogens with zero attached hydrogens (tertiary/aromatic N) is 1. The Hall–Kier alpha value is -1.29. The van der Waals surface area contributed by atoms with E-state index >= 15 is 0 Å². The summed E-state index contributed by atoms with van der Waals surface area (Å²) in [6, 6.07) is 9.59. The molecule has 0 N–H and O–H groups in total. The summed E-state index contributed by atoms with van der Waals surface area (Å²) in [6.45, 7) is 4.56. The van der Waals surface area contributed by atoms with Gasteiger partial charge in [0.25, 0.3) is 0 Å². The first kappa shape index (κ1) is 17.5. The SMILES string of the molecule is COc1[c-]c2c(ccc3c4c(cnc32)C(C)(C)CS4)cc1OC.[Ir].